The van der Waals surface area contributed by atoms with Gasteiger partial charge in [-0.3, -0.25) is 40.0 Å². The number of hydroxylamine groups is 4. The van der Waals surface area contributed by atoms with Gasteiger partial charge in [-0.2, -0.15) is 0 Å². The number of hydrogen-bond acceptors (Lipinski definition) is 32. The second kappa shape index (κ2) is 47.8. The number of nitrogens with one attached hydrogen (secondary N) is 4. The molecule has 40 nitrogen and oxygen atoms in total. The van der Waals surface area contributed by atoms with Crippen molar-refractivity contribution in [1.82, 2.24) is 41.5 Å². The smallest absolute Gasteiger partial charge is 0.410 e. The van der Waals surface area contributed by atoms with Gasteiger partial charge in [0.15, 0.2) is 58.3 Å². The van der Waals surface area contributed by atoms with Gasteiger partial charge in [-0.15, -0.1) is 0 Å². The van der Waals surface area contributed by atoms with E-state index in [9.17, 15) is 72.0 Å². The number of carbonyl (C=O) groups excluding carboxylic acids is 8. The quantitative estimate of drug-likeness (QED) is 0.00792. The fourth-order valence-electron chi connectivity index (χ4n) is 17.9. The first-order valence-electron chi connectivity index (χ1n) is 45.9. The van der Waals surface area contributed by atoms with Gasteiger partial charge >= 0.3 is 24.4 Å². The van der Waals surface area contributed by atoms with Gasteiger partial charge in [0.2, 0.25) is 0 Å². The Bertz CT molecular complexity index is 5860. The minimum atomic E-state index is -4.10. The number of benzene rings is 8. The topological polar surface area (TPSA) is 526 Å². The molecule has 2 unspecified atom stereocenters. The molecule has 8 aromatic rings. The van der Waals surface area contributed by atoms with Crippen molar-refractivity contribution in [3.63, 3.8) is 0 Å². The molecule has 8 aliphatic rings. The Kier molecular flexibility index (Phi) is 35.8. The predicted molar refractivity (Wildman–Crippen MR) is 499 cm³/mol. The molecule has 0 bridgehead atoms. The third-order valence-corrected chi connectivity index (χ3v) is 36.2. The van der Waals surface area contributed by atoms with Crippen molar-refractivity contribution in [2.75, 3.05) is 119 Å². The molecule has 141 heavy (non-hydrogen) atoms. The second-order valence-electron chi connectivity index (χ2n) is 34.3. The van der Waals surface area contributed by atoms with Crippen LogP contribution in [0.3, 0.4) is 0 Å². The van der Waals surface area contributed by atoms with Crippen molar-refractivity contribution in [1.29, 1.82) is 0 Å². The number of rotatable bonds is 35. The number of ether oxygens (including phenoxy) is 12. The van der Waals surface area contributed by atoms with Crippen LogP contribution >= 0.6 is 0 Å². The molecule has 44 heteroatoms. The molecule has 8 aromatic carbocycles. The zero-order chi connectivity index (χ0) is 101. The largest absolute Gasteiger partial charge is 0.494 e. The number of nitrogens with zero attached hydrogens (tertiary/aromatic N) is 4. The molecule has 8 fully saturated rings. The second-order valence-corrected chi connectivity index (χ2v) is 43.3. The van der Waals surface area contributed by atoms with Gasteiger partial charge in [-0.25, -0.2) is 74.8 Å². The third-order valence-electron chi connectivity index (χ3n) is 26.1. The maximum Gasteiger partial charge on any atom is 0.410 e. The van der Waals surface area contributed by atoms with Crippen molar-refractivity contribution in [2.45, 2.75) is 160 Å². The van der Waals surface area contributed by atoms with Gasteiger partial charge in [0.25, 0.3) is 23.6 Å². The van der Waals surface area contributed by atoms with Gasteiger partial charge < -0.3 is 76.4 Å². The lowest BCUT2D eigenvalue weighted by Crippen LogP contribution is -2.54. The fourth-order valence-corrected chi connectivity index (χ4v) is 25.6. The lowest BCUT2D eigenvalue weighted by Gasteiger charge is -2.34. The highest BCUT2D eigenvalue weighted by atomic mass is 32.2. The highest BCUT2D eigenvalue weighted by molar-refractivity contribution is 7.94. The molecule has 8 saturated heterocycles. The highest BCUT2D eigenvalue weighted by Gasteiger charge is 2.57. The zero-order valence-electron chi connectivity index (χ0n) is 77.4. The van der Waals surface area contributed by atoms with E-state index >= 15 is 0 Å². The summed E-state index contributed by atoms with van der Waals surface area (Å²) < 4.78 is 165. The molecular weight excluding hydrogens is 1920 g/mol. The first kappa shape index (κ1) is 106. The highest BCUT2D eigenvalue weighted by Crippen LogP contribution is 2.43. The Labute approximate surface area is 815 Å². The molecule has 0 spiro atoms. The van der Waals surface area contributed by atoms with E-state index in [4.69, 9.17) is 77.7 Å². The van der Waals surface area contributed by atoms with E-state index in [1.807, 2.05) is 135 Å². The average Bonchev–Trinajstić information content (AvgIpc) is 1.18. The first-order chi connectivity index (χ1) is 67.8. The van der Waals surface area contributed by atoms with Gasteiger partial charge in [-0.1, -0.05) is 121 Å². The summed E-state index contributed by atoms with van der Waals surface area (Å²) in [7, 11) is -16.4. The minimum Gasteiger partial charge on any atom is -0.494 e. The normalized spacial score (nSPS) is 20.8. The molecule has 8 aliphatic heterocycles. The van der Waals surface area contributed by atoms with Crippen LogP contribution in [0.15, 0.2) is 238 Å². The van der Waals surface area contributed by atoms with Crippen LogP contribution in [0.1, 0.15) is 131 Å². The summed E-state index contributed by atoms with van der Waals surface area (Å²) in [6, 6.07) is 61.2. The van der Waals surface area contributed by atoms with Crippen LogP contribution in [0.5, 0.6) is 23.0 Å². The lowest BCUT2D eigenvalue weighted by atomic mass is 9.98. The molecule has 0 saturated carbocycles. The van der Waals surface area contributed by atoms with Crippen molar-refractivity contribution >= 4 is 87.4 Å². The van der Waals surface area contributed by atoms with E-state index < -0.39 is 88.1 Å². The number of carbonyl (C=O) groups is 8. The number of sulfone groups is 4. The molecule has 8 amide bonds. The van der Waals surface area contributed by atoms with Crippen molar-refractivity contribution in [3.8, 4) is 23.0 Å². The van der Waals surface area contributed by atoms with E-state index in [0.717, 1.165) is 22.3 Å². The van der Waals surface area contributed by atoms with Crippen molar-refractivity contribution < 1.29 is 150 Å². The zero-order valence-corrected chi connectivity index (χ0v) is 80.7. The summed E-state index contributed by atoms with van der Waals surface area (Å²) in [5.41, 5.74) is 9.78. The maximum absolute atomic E-state index is 13.3. The molecule has 758 valence electrons. The maximum atomic E-state index is 13.3. The summed E-state index contributed by atoms with van der Waals surface area (Å²) >= 11 is 0. The van der Waals surface area contributed by atoms with Crippen LogP contribution < -0.4 is 40.9 Å². The number of hydrogen-bond donors (Lipinski definition) is 8. The fraction of sp³-hybridized carbons (Fsp3) is 0.423. The molecule has 0 radical (unpaired) electrons. The first-order valence-corrected chi connectivity index (χ1v) is 51.8. The Morgan fingerprint density at radius 2 is 0.546 bits per heavy atom. The van der Waals surface area contributed by atoms with Crippen LogP contribution in [0.25, 0.3) is 0 Å². The predicted octanol–water partition coefficient (Wildman–Crippen LogP) is 10.3. The molecule has 8 heterocycles. The third kappa shape index (κ3) is 23.8. The molecule has 8 N–H and O–H groups in total. The SMILES string of the molecule is C[C@@H]1[C@H](c2ccccc2)OC(=O)N1CCCOc1ccc(S(=O)(=O)C2(C(=O)NO)CCOCC2)cc1.C[C@@H]1[C@H](c2ccccc2)OC(=O)N1CCCOc1ccc(S(=O)(=O)C2(C(=O)NO)CCOCC2)cc1.O=C1OC(c2ccccc2)CN1CCCOc1ccc(S(=O)(=O)C2(C(=O)NO)CCOCC2)cc1.O=C1OC(c2ccccc2)CN1CCOc1ccc(S(=O)(=O)C2(C(=O)NO)CCOCC2)cc1. The molecule has 16 rings (SSSR count). The van der Waals surface area contributed by atoms with Crippen LogP contribution in [-0.2, 0) is 96.4 Å². The van der Waals surface area contributed by atoms with E-state index in [1.165, 1.54) is 119 Å². The Morgan fingerprint density at radius 3 is 0.801 bits per heavy atom. The van der Waals surface area contributed by atoms with Gasteiger partial charge in [0.1, 0.15) is 54.0 Å². The van der Waals surface area contributed by atoms with E-state index in [1.54, 1.807) is 19.6 Å². The van der Waals surface area contributed by atoms with Crippen LogP contribution in [0, 0.1) is 0 Å². The summed E-state index contributed by atoms with van der Waals surface area (Å²) in [5.74, 6) is -2.06. The Morgan fingerprint density at radius 1 is 0.312 bits per heavy atom. The van der Waals surface area contributed by atoms with E-state index in [2.05, 4.69) is 0 Å². The van der Waals surface area contributed by atoms with Gasteiger partial charge in [0.05, 0.1) is 71.1 Å². The van der Waals surface area contributed by atoms with Crippen LogP contribution in [-0.4, -0.2) is 272 Å². The van der Waals surface area contributed by atoms with E-state index in [-0.39, 0.29) is 185 Å². The molecule has 0 aromatic heterocycles. The number of amides is 8. The summed E-state index contributed by atoms with van der Waals surface area (Å²) in [5, 5.41) is 36.6. The Balaban J connectivity index is 0.000000158. The Hall–Kier alpha value is -12.6. The summed E-state index contributed by atoms with van der Waals surface area (Å²) in [4.78, 5) is 105. The molecular formula is C97H114N8O32S4. The molecule has 6 atom stereocenters. The van der Waals surface area contributed by atoms with Gasteiger partial charge in [-0.05, 0) is 204 Å². The summed E-state index contributed by atoms with van der Waals surface area (Å²) in [6.45, 7) is 8.41. The monoisotopic (exact) mass is 2030 g/mol. The van der Waals surface area contributed by atoms with Crippen molar-refractivity contribution in [2.24, 2.45) is 0 Å². The standard InChI is InChI=1S/2C25H30N2O8S.C24H28N2O8S.C23H26N2O8S/c2*1-18-22(19-6-3-2-4-7-19)35-24(29)27(18)14-5-15-34-20-8-10-21(11-9-20)36(31,32)25(23(28)26-30)12-16-33-17-13-25;27-22(25-29)24(11-15-32-16-12-24)35(30,31)20-9-7-19(8-10-20)33-14-4-13-26-17-21(34-23(26)28)18-5-2-1-3-6-18;26-21(24-28)23(10-13-31-14-11-23)34(29,30)19-8-6-18(7-9-19)32-15-12-25-16-20(33-22(25)27)17-4-2-1-3-5-17/h2*2-4,6-11,18,22,30H,5,12-17H2,1H3,(H,26,28);1-3,5-10,21,29H,4,11-17H2,(H,25,27);1-9,20,28H,10-16H2,(H,24,26)/t2*18-,22-;;/m11../s1. The van der Waals surface area contributed by atoms with Crippen LogP contribution in [0.4, 0.5) is 19.2 Å². The molecule has 0 aliphatic carbocycles. The van der Waals surface area contributed by atoms with Gasteiger partial charge in [0, 0.05) is 72.5 Å². The lowest BCUT2D eigenvalue weighted by molar-refractivity contribution is -0.135. The average molecular weight is 2030 g/mol. The number of cyclic esters (lactones) is 4. The van der Waals surface area contributed by atoms with E-state index in [0.29, 0.717) is 101 Å². The minimum absolute atomic E-state index is 0.0397. The van der Waals surface area contributed by atoms with Crippen molar-refractivity contribution in [3.05, 3.63) is 241 Å². The van der Waals surface area contributed by atoms with Crippen LogP contribution in [0.2, 0.25) is 0 Å². The summed E-state index contributed by atoms with van der Waals surface area (Å²) in [6.07, 6.45) is -1.50.